The first-order chi connectivity index (χ1) is 14.6. The fourth-order valence-electron chi connectivity index (χ4n) is 3.27. The minimum atomic E-state index is -1.13. The van der Waals surface area contributed by atoms with Crippen molar-refractivity contribution in [3.8, 4) is 5.75 Å². The summed E-state index contributed by atoms with van der Waals surface area (Å²) in [6.07, 6.45) is 4.36. The smallest absolute Gasteiger partial charge is 0.338 e. The SMILES string of the molecule is COC(=O)[C@]1(C/C=C/c2ccccc2)N=C(c2ccc(OCCCO)cc2)O[C@@H]1C. The predicted molar refractivity (Wildman–Crippen MR) is 116 cm³/mol. The van der Waals surface area contributed by atoms with Crippen LogP contribution in [0, 0.1) is 0 Å². The molecular weight excluding hydrogens is 382 g/mol. The van der Waals surface area contributed by atoms with Gasteiger partial charge in [0.25, 0.3) is 0 Å². The van der Waals surface area contributed by atoms with E-state index in [-0.39, 0.29) is 6.61 Å². The second-order valence-electron chi connectivity index (χ2n) is 7.06. The largest absolute Gasteiger partial charge is 0.494 e. The first kappa shape index (κ1) is 21.6. The lowest BCUT2D eigenvalue weighted by atomic mass is 9.90. The third-order valence-electron chi connectivity index (χ3n) is 5.01. The van der Waals surface area contributed by atoms with Crippen LogP contribution in [0.1, 0.15) is 30.9 Å². The molecule has 0 aliphatic carbocycles. The van der Waals surface area contributed by atoms with Gasteiger partial charge in [0.15, 0.2) is 0 Å². The van der Waals surface area contributed by atoms with E-state index in [1.165, 1.54) is 7.11 Å². The molecule has 2 atom stereocenters. The van der Waals surface area contributed by atoms with E-state index in [0.717, 1.165) is 11.1 Å². The molecule has 3 rings (SSSR count). The van der Waals surface area contributed by atoms with E-state index >= 15 is 0 Å². The Morgan fingerprint density at radius 1 is 1.20 bits per heavy atom. The fourth-order valence-corrected chi connectivity index (χ4v) is 3.27. The van der Waals surface area contributed by atoms with Gasteiger partial charge >= 0.3 is 5.97 Å². The molecule has 0 amide bonds. The van der Waals surface area contributed by atoms with Gasteiger partial charge in [-0.3, -0.25) is 0 Å². The molecule has 0 saturated carbocycles. The van der Waals surface area contributed by atoms with Gasteiger partial charge < -0.3 is 19.3 Å². The number of esters is 1. The summed E-state index contributed by atoms with van der Waals surface area (Å²) in [7, 11) is 1.36. The number of aliphatic hydroxyl groups is 1. The minimum Gasteiger partial charge on any atom is -0.494 e. The molecule has 158 valence electrons. The molecule has 2 aromatic rings. The number of hydrogen-bond acceptors (Lipinski definition) is 6. The van der Waals surface area contributed by atoms with Crippen LogP contribution in [0.15, 0.2) is 65.7 Å². The van der Waals surface area contributed by atoms with E-state index in [1.54, 1.807) is 0 Å². The van der Waals surface area contributed by atoms with Crippen LogP contribution in [0.25, 0.3) is 6.08 Å². The normalized spacial score (nSPS) is 20.6. The highest BCUT2D eigenvalue weighted by molar-refractivity contribution is 5.99. The number of benzene rings is 2. The molecule has 0 radical (unpaired) electrons. The molecule has 0 bridgehead atoms. The van der Waals surface area contributed by atoms with Crippen molar-refractivity contribution >= 4 is 17.9 Å². The standard InChI is InChI=1S/C24H27NO5/c1-18-24(23(27)28-2,15-6-10-19-8-4-3-5-9-19)25-22(30-18)20-11-13-21(14-12-20)29-17-7-16-26/h3-6,8-14,18,26H,7,15-17H2,1-2H3/b10-6+/t18-,24-/m1/s1. The van der Waals surface area contributed by atoms with E-state index in [0.29, 0.717) is 31.1 Å². The highest BCUT2D eigenvalue weighted by atomic mass is 16.5. The minimum absolute atomic E-state index is 0.0922. The average Bonchev–Trinajstić information content (AvgIpc) is 3.12. The van der Waals surface area contributed by atoms with E-state index in [2.05, 4.69) is 4.99 Å². The Balaban J connectivity index is 1.80. The quantitative estimate of drug-likeness (QED) is 0.506. The van der Waals surface area contributed by atoms with Crippen LogP contribution in [-0.2, 0) is 14.3 Å². The van der Waals surface area contributed by atoms with Gasteiger partial charge in [0.1, 0.15) is 11.9 Å². The number of methoxy groups -OCH3 is 1. The van der Waals surface area contributed by atoms with Crippen molar-refractivity contribution in [2.24, 2.45) is 4.99 Å². The molecule has 0 spiro atoms. The van der Waals surface area contributed by atoms with E-state index < -0.39 is 17.6 Å². The molecule has 2 aromatic carbocycles. The van der Waals surface area contributed by atoms with E-state index in [9.17, 15) is 4.79 Å². The van der Waals surface area contributed by atoms with Crippen molar-refractivity contribution in [1.29, 1.82) is 0 Å². The van der Waals surface area contributed by atoms with Crippen molar-refractivity contribution in [3.05, 3.63) is 71.8 Å². The lowest BCUT2D eigenvalue weighted by molar-refractivity contribution is -0.149. The van der Waals surface area contributed by atoms with Crippen LogP contribution in [0.2, 0.25) is 0 Å². The maximum Gasteiger partial charge on any atom is 0.338 e. The average molecular weight is 409 g/mol. The number of nitrogens with zero attached hydrogens (tertiary/aromatic N) is 1. The molecule has 1 aliphatic heterocycles. The molecule has 1 aliphatic rings. The summed E-state index contributed by atoms with van der Waals surface area (Å²) >= 11 is 0. The second-order valence-corrected chi connectivity index (χ2v) is 7.06. The van der Waals surface area contributed by atoms with Gasteiger partial charge in [-0.05, 0) is 36.8 Å². The van der Waals surface area contributed by atoms with Crippen LogP contribution in [0.5, 0.6) is 5.75 Å². The Bertz CT molecular complexity index is 892. The van der Waals surface area contributed by atoms with Gasteiger partial charge in [-0.2, -0.15) is 0 Å². The molecule has 6 heteroatoms. The lowest BCUT2D eigenvalue weighted by Gasteiger charge is -2.24. The third kappa shape index (κ3) is 4.89. The van der Waals surface area contributed by atoms with Crippen LogP contribution in [0.4, 0.5) is 0 Å². The molecular formula is C24H27NO5. The molecule has 30 heavy (non-hydrogen) atoms. The summed E-state index contributed by atoms with van der Waals surface area (Å²) in [5.74, 6) is 0.679. The van der Waals surface area contributed by atoms with Gasteiger partial charge in [0.2, 0.25) is 11.4 Å². The zero-order chi connectivity index (χ0) is 21.4. The Kier molecular flexibility index (Phi) is 7.25. The van der Waals surface area contributed by atoms with Gasteiger partial charge in [-0.1, -0.05) is 42.5 Å². The summed E-state index contributed by atoms with van der Waals surface area (Å²) in [6, 6.07) is 17.2. The zero-order valence-electron chi connectivity index (χ0n) is 17.3. The third-order valence-corrected chi connectivity index (χ3v) is 5.01. The number of carbonyl (C=O) groups excluding carboxylic acids is 1. The van der Waals surface area contributed by atoms with Crippen molar-refractivity contribution in [1.82, 2.24) is 0 Å². The predicted octanol–water partition coefficient (Wildman–Crippen LogP) is 3.63. The van der Waals surface area contributed by atoms with Gasteiger partial charge in [0.05, 0.1) is 13.7 Å². The maximum atomic E-state index is 12.7. The summed E-state index contributed by atoms with van der Waals surface area (Å²) in [5.41, 5.74) is 0.672. The zero-order valence-corrected chi connectivity index (χ0v) is 17.3. The summed E-state index contributed by atoms with van der Waals surface area (Å²) < 4.78 is 16.6. The molecule has 0 fully saturated rings. The number of hydrogen-bond donors (Lipinski definition) is 1. The van der Waals surface area contributed by atoms with Crippen LogP contribution < -0.4 is 4.74 Å². The van der Waals surface area contributed by atoms with Crippen LogP contribution >= 0.6 is 0 Å². The Labute approximate surface area is 176 Å². The van der Waals surface area contributed by atoms with Crippen molar-refractivity contribution in [3.63, 3.8) is 0 Å². The Morgan fingerprint density at radius 3 is 2.60 bits per heavy atom. The number of aliphatic imine (C=N–C) groups is 1. The molecule has 1 N–H and O–H groups in total. The topological polar surface area (TPSA) is 77.4 Å². The first-order valence-electron chi connectivity index (χ1n) is 9.99. The van der Waals surface area contributed by atoms with Gasteiger partial charge in [-0.25, -0.2) is 9.79 Å². The van der Waals surface area contributed by atoms with Crippen LogP contribution in [-0.4, -0.2) is 48.9 Å². The van der Waals surface area contributed by atoms with Crippen molar-refractivity contribution in [2.75, 3.05) is 20.3 Å². The highest BCUT2D eigenvalue weighted by Gasteiger charge is 2.50. The van der Waals surface area contributed by atoms with Crippen LogP contribution in [0.3, 0.4) is 0 Å². The van der Waals surface area contributed by atoms with Crippen molar-refractivity contribution in [2.45, 2.75) is 31.4 Å². The number of aliphatic hydroxyl groups excluding tert-OH is 1. The Morgan fingerprint density at radius 2 is 1.93 bits per heavy atom. The molecule has 0 aromatic heterocycles. The molecule has 6 nitrogen and oxygen atoms in total. The highest BCUT2D eigenvalue weighted by Crippen LogP contribution is 2.33. The first-order valence-corrected chi connectivity index (χ1v) is 9.99. The van der Waals surface area contributed by atoms with E-state index in [4.69, 9.17) is 19.3 Å². The summed E-state index contributed by atoms with van der Waals surface area (Å²) in [4.78, 5) is 17.4. The maximum absolute atomic E-state index is 12.7. The summed E-state index contributed by atoms with van der Waals surface area (Å²) in [6.45, 7) is 2.37. The second kappa shape index (κ2) is 10.1. The van der Waals surface area contributed by atoms with Crippen molar-refractivity contribution < 1.29 is 24.1 Å². The number of carbonyl (C=O) groups is 1. The lowest BCUT2D eigenvalue weighted by Crippen LogP contribution is -2.44. The van der Waals surface area contributed by atoms with Gasteiger partial charge in [-0.15, -0.1) is 0 Å². The molecule has 1 heterocycles. The van der Waals surface area contributed by atoms with E-state index in [1.807, 2.05) is 73.7 Å². The summed E-state index contributed by atoms with van der Waals surface area (Å²) in [5, 5.41) is 8.84. The van der Waals surface area contributed by atoms with Gasteiger partial charge in [0, 0.05) is 25.0 Å². The molecule has 0 saturated heterocycles. The Hall–Kier alpha value is -3.12. The fraction of sp³-hybridized carbons (Fsp3) is 0.333. The monoisotopic (exact) mass is 409 g/mol. The number of ether oxygens (including phenoxy) is 3. The number of rotatable bonds is 9. The molecule has 0 unspecified atom stereocenters.